The third kappa shape index (κ3) is 5.34. The Morgan fingerprint density at radius 2 is 2.00 bits per heavy atom. The molecule has 8 nitrogen and oxygen atoms in total. The van der Waals surface area contributed by atoms with E-state index in [0.717, 1.165) is 6.20 Å². The van der Waals surface area contributed by atoms with Crippen molar-refractivity contribution in [3.05, 3.63) is 46.3 Å². The summed E-state index contributed by atoms with van der Waals surface area (Å²) < 4.78 is 31.5. The quantitative estimate of drug-likeness (QED) is 0.565. The second-order valence-corrected chi connectivity index (χ2v) is 6.32. The van der Waals surface area contributed by atoms with E-state index in [-0.39, 0.29) is 11.4 Å². The zero-order chi connectivity index (χ0) is 16.8. The highest BCUT2D eigenvalue weighted by atomic mass is 32.2. The van der Waals surface area contributed by atoms with Gasteiger partial charge in [-0.15, -0.1) is 0 Å². The van der Waals surface area contributed by atoms with Crippen LogP contribution in [0.1, 0.15) is 6.92 Å². The summed E-state index contributed by atoms with van der Waals surface area (Å²) in [5.41, 5.74) is 0.439. The van der Waals surface area contributed by atoms with Gasteiger partial charge >= 0.3 is 0 Å². The van der Waals surface area contributed by atoms with E-state index in [0.29, 0.717) is 18.0 Å². The number of benzene rings is 1. The number of rotatable bonds is 8. The summed E-state index contributed by atoms with van der Waals surface area (Å²) in [7, 11) is -0.467. The number of nitro groups is 1. The Hall–Kier alpha value is -2.13. The van der Waals surface area contributed by atoms with Crippen LogP contribution in [0, 0.1) is 10.1 Å². The Balaban J connectivity index is 2.60. The van der Waals surface area contributed by atoms with E-state index in [1.807, 2.05) is 0 Å². The van der Waals surface area contributed by atoms with Crippen molar-refractivity contribution in [2.24, 2.45) is 0 Å². The number of nitrogens with zero attached hydrogens (tertiary/aromatic N) is 2. The van der Waals surface area contributed by atoms with Gasteiger partial charge in [0.2, 0.25) is 10.0 Å². The van der Waals surface area contributed by atoms with Crippen LogP contribution in [0.5, 0.6) is 5.75 Å². The van der Waals surface area contributed by atoms with Crippen molar-refractivity contribution in [3.8, 4) is 5.75 Å². The smallest absolute Gasteiger partial charge is 0.253 e. The lowest BCUT2D eigenvalue weighted by molar-refractivity contribution is -0.404. The lowest BCUT2D eigenvalue weighted by Gasteiger charge is -2.18. The fourth-order valence-corrected chi connectivity index (χ4v) is 2.63. The molecule has 0 atom stereocenters. The second kappa shape index (κ2) is 7.76. The topological polar surface area (TPSA) is 102 Å². The number of hydrogen-bond acceptors (Lipinski definition) is 6. The summed E-state index contributed by atoms with van der Waals surface area (Å²) in [6, 6.07) is 6.01. The normalized spacial score (nSPS) is 12.0. The van der Waals surface area contributed by atoms with Gasteiger partial charge in [0.1, 0.15) is 5.75 Å². The SMILES string of the molecule is COc1ccc(S(=O)(=O)NCCN(C)/C(C)=C/[N+](=O)[O-])cc1. The zero-order valence-corrected chi connectivity index (χ0v) is 13.5. The third-order valence-electron chi connectivity index (χ3n) is 3.00. The summed E-state index contributed by atoms with van der Waals surface area (Å²) in [4.78, 5) is 11.5. The molecular formula is C13H19N3O5S. The number of likely N-dealkylation sites (N-methyl/N-ethyl adjacent to an activating group) is 1. The maximum Gasteiger partial charge on any atom is 0.253 e. The van der Waals surface area contributed by atoms with Gasteiger partial charge in [-0.1, -0.05) is 0 Å². The van der Waals surface area contributed by atoms with Gasteiger partial charge in [-0.3, -0.25) is 10.1 Å². The van der Waals surface area contributed by atoms with Gasteiger partial charge in [0, 0.05) is 20.1 Å². The van der Waals surface area contributed by atoms with Crippen molar-refractivity contribution in [2.45, 2.75) is 11.8 Å². The molecule has 0 fully saturated rings. The van der Waals surface area contributed by atoms with Crippen LogP contribution in [-0.2, 0) is 10.0 Å². The van der Waals surface area contributed by atoms with Crippen molar-refractivity contribution < 1.29 is 18.1 Å². The molecule has 0 saturated carbocycles. The van der Waals surface area contributed by atoms with Gasteiger partial charge in [-0.05, 0) is 31.2 Å². The molecule has 9 heteroatoms. The summed E-state index contributed by atoms with van der Waals surface area (Å²) in [6.45, 7) is 2.03. The van der Waals surface area contributed by atoms with Crippen LogP contribution in [-0.4, -0.2) is 45.5 Å². The summed E-state index contributed by atoms with van der Waals surface area (Å²) in [6.07, 6.45) is 0.873. The highest BCUT2D eigenvalue weighted by Crippen LogP contribution is 2.15. The van der Waals surface area contributed by atoms with Crippen molar-refractivity contribution in [2.75, 3.05) is 27.2 Å². The standard InChI is InChI=1S/C13H19N3O5S/c1-11(10-16(17)18)15(2)9-8-14-22(19,20)13-6-4-12(21-3)5-7-13/h4-7,10,14H,8-9H2,1-3H3/b11-10+. The predicted molar refractivity (Wildman–Crippen MR) is 81.6 cm³/mol. The molecule has 1 rings (SSSR count). The van der Waals surface area contributed by atoms with Crippen LogP contribution in [0.3, 0.4) is 0 Å². The third-order valence-corrected chi connectivity index (χ3v) is 4.48. The zero-order valence-electron chi connectivity index (χ0n) is 12.6. The van der Waals surface area contributed by atoms with Crippen LogP contribution >= 0.6 is 0 Å². The molecule has 0 aliphatic carbocycles. The molecule has 0 heterocycles. The highest BCUT2D eigenvalue weighted by molar-refractivity contribution is 7.89. The average molecular weight is 329 g/mol. The van der Waals surface area contributed by atoms with Crippen molar-refractivity contribution in [3.63, 3.8) is 0 Å². The summed E-state index contributed by atoms with van der Waals surface area (Å²) in [5, 5.41) is 10.4. The molecule has 0 saturated heterocycles. The predicted octanol–water partition coefficient (Wildman–Crippen LogP) is 1.04. The van der Waals surface area contributed by atoms with Crippen molar-refractivity contribution >= 4 is 10.0 Å². The molecule has 0 unspecified atom stereocenters. The van der Waals surface area contributed by atoms with Crippen molar-refractivity contribution in [1.29, 1.82) is 0 Å². The number of hydrogen-bond donors (Lipinski definition) is 1. The number of methoxy groups -OCH3 is 1. The number of nitrogens with one attached hydrogen (secondary N) is 1. The van der Waals surface area contributed by atoms with Gasteiger partial charge in [0.05, 0.1) is 22.6 Å². The lowest BCUT2D eigenvalue weighted by atomic mass is 10.3. The molecule has 22 heavy (non-hydrogen) atoms. The molecule has 0 aliphatic rings. The molecule has 0 aliphatic heterocycles. The molecular weight excluding hydrogens is 310 g/mol. The minimum Gasteiger partial charge on any atom is -0.497 e. The van der Waals surface area contributed by atoms with E-state index in [1.54, 1.807) is 31.0 Å². The minimum absolute atomic E-state index is 0.133. The van der Waals surface area contributed by atoms with Gasteiger partial charge in [0.25, 0.3) is 6.20 Å². The van der Waals surface area contributed by atoms with Crippen LogP contribution in [0.2, 0.25) is 0 Å². The monoisotopic (exact) mass is 329 g/mol. The fraction of sp³-hybridized carbons (Fsp3) is 0.385. The molecule has 1 N–H and O–H groups in total. The highest BCUT2D eigenvalue weighted by Gasteiger charge is 2.14. The number of ether oxygens (including phenoxy) is 1. The van der Waals surface area contributed by atoms with E-state index in [4.69, 9.17) is 4.74 Å². The van der Waals surface area contributed by atoms with Gasteiger partial charge in [-0.2, -0.15) is 0 Å². The van der Waals surface area contributed by atoms with Crippen molar-refractivity contribution in [1.82, 2.24) is 9.62 Å². The molecule has 0 radical (unpaired) electrons. The Bertz CT molecular complexity index is 640. The maximum absolute atomic E-state index is 12.1. The number of allylic oxidation sites excluding steroid dienone is 1. The van der Waals surface area contributed by atoms with Gasteiger partial charge in [0.15, 0.2) is 0 Å². The molecule has 0 spiro atoms. The molecule has 0 bridgehead atoms. The number of sulfonamides is 1. The van der Waals surface area contributed by atoms with Crippen LogP contribution in [0.4, 0.5) is 0 Å². The summed E-state index contributed by atoms with van der Waals surface area (Å²) in [5.74, 6) is 0.569. The second-order valence-electron chi connectivity index (χ2n) is 4.55. The first-order valence-electron chi connectivity index (χ1n) is 6.43. The molecule has 1 aromatic carbocycles. The lowest BCUT2D eigenvalue weighted by Crippen LogP contribution is -2.32. The first-order valence-corrected chi connectivity index (χ1v) is 7.91. The van der Waals surface area contributed by atoms with E-state index in [1.165, 1.54) is 19.2 Å². The van der Waals surface area contributed by atoms with Crippen LogP contribution in [0.25, 0.3) is 0 Å². The summed E-state index contributed by atoms with van der Waals surface area (Å²) >= 11 is 0. The molecule has 0 amide bonds. The van der Waals surface area contributed by atoms with Gasteiger partial charge < -0.3 is 9.64 Å². The Kier molecular flexibility index (Phi) is 6.32. The van der Waals surface area contributed by atoms with Gasteiger partial charge in [-0.25, -0.2) is 13.1 Å². The van der Waals surface area contributed by atoms with E-state index >= 15 is 0 Å². The first kappa shape index (κ1) is 17.9. The van der Waals surface area contributed by atoms with Crippen LogP contribution in [0.15, 0.2) is 41.1 Å². The maximum atomic E-state index is 12.1. The van der Waals surface area contributed by atoms with Crippen LogP contribution < -0.4 is 9.46 Å². The molecule has 1 aromatic rings. The minimum atomic E-state index is -3.62. The fourth-order valence-electron chi connectivity index (χ4n) is 1.61. The first-order chi connectivity index (χ1) is 10.3. The Morgan fingerprint density at radius 1 is 1.41 bits per heavy atom. The van der Waals surface area contributed by atoms with E-state index in [2.05, 4.69) is 4.72 Å². The Morgan fingerprint density at radius 3 is 2.50 bits per heavy atom. The van der Waals surface area contributed by atoms with E-state index in [9.17, 15) is 18.5 Å². The van der Waals surface area contributed by atoms with E-state index < -0.39 is 14.9 Å². The average Bonchev–Trinajstić information content (AvgIpc) is 2.46. The molecule has 122 valence electrons. The molecule has 0 aromatic heterocycles. The largest absolute Gasteiger partial charge is 0.497 e. The Labute approximate surface area is 129 Å².